The first-order chi connectivity index (χ1) is 7.27. The van der Waals surface area contributed by atoms with Crippen molar-refractivity contribution in [3.63, 3.8) is 0 Å². The van der Waals surface area contributed by atoms with Crippen LogP contribution in [0.15, 0.2) is 48.7 Å². The number of primary amides is 1. The molecule has 0 atom stereocenters. The van der Waals surface area contributed by atoms with Gasteiger partial charge in [-0.15, -0.1) is 0 Å². The molecule has 0 unspecified atom stereocenters. The molecule has 0 aliphatic heterocycles. The minimum absolute atomic E-state index is 0.414. The van der Waals surface area contributed by atoms with Crippen LogP contribution in [0.25, 0.3) is 11.3 Å². The summed E-state index contributed by atoms with van der Waals surface area (Å²) in [6, 6.07) is 12.8. The first kappa shape index (κ1) is 9.40. The van der Waals surface area contributed by atoms with Gasteiger partial charge in [-0.25, -0.2) is 0 Å². The Morgan fingerprint density at radius 3 is 2.33 bits per heavy atom. The largest absolute Gasteiger partial charge is 0.366 e. The van der Waals surface area contributed by atoms with Crippen LogP contribution in [0.3, 0.4) is 0 Å². The van der Waals surface area contributed by atoms with E-state index in [1.165, 1.54) is 0 Å². The summed E-state index contributed by atoms with van der Waals surface area (Å²) in [7, 11) is 0. The smallest absolute Gasteiger partial charge is 0.248 e. The van der Waals surface area contributed by atoms with Crippen LogP contribution in [-0.4, -0.2) is 10.9 Å². The number of rotatable bonds is 2. The number of hydrogen-bond donors (Lipinski definition) is 1. The molecule has 0 aliphatic rings. The average Bonchev–Trinajstić information content (AvgIpc) is 2.30. The third kappa shape index (κ3) is 2.02. The maximum Gasteiger partial charge on any atom is 0.248 e. The Kier molecular flexibility index (Phi) is 2.46. The number of hydrogen-bond acceptors (Lipinski definition) is 2. The maximum atomic E-state index is 10.9. The van der Waals surface area contributed by atoms with Gasteiger partial charge >= 0.3 is 0 Å². The highest BCUT2D eigenvalue weighted by Crippen LogP contribution is 2.16. The zero-order chi connectivity index (χ0) is 10.7. The number of benzene rings is 1. The summed E-state index contributed by atoms with van der Waals surface area (Å²) in [6.07, 6.45) is 1.73. The van der Waals surface area contributed by atoms with Crippen molar-refractivity contribution in [3.05, 3.63) is 54.2 Å². The fourth-order valence-corrected chi connectivity index (χ4v) is 1.34. The predicted molar refractivity (Wildman–Crippen MR) is 58.2 cm³/mol. The summed E-state index contributed by atoms with van der Waals surface area (Å²) in [4.78, 5) is 15.1. The van der Waals surface area contributed by atoms with Crippen molar-refractivity contribution in [2.45, 2.75) is 0 Å². The molecule has 0 radical (unpaired) electrons. The highest BCUT2D eigenvalue weighted by Gasteiger charge is 2.01. The SMILES string of the molecule is NC(=O)c1ccc(-c2ccccn2)cc1. The Morgan fingerprint density at radius 2 is 1.80 bits per heavy atom. The third-order valence-corrected chi connectivity index (χ3v) is 2.13. The number of nitrogens with two attached hydrogens (primary N) is 1. The monoisotopic (exact) mass is 198 g/mol. The van der Waals surface area contributed by atoms with E-state index in [1.54, 1.807) is 18.3 Å². The number of carbonyl (C=O) groups excluding carboxylic acids is 1. The van der Waals surface area contributed by atoms with Crippen LogP contribution < -0.4 is 5.73 Å². The van der Waals surface area contributed by atoms with Gasteiger partial charge in [0.25, 0.3) is 0 Å². The molecular formula is C12H10N2O. The Balaban J connectivity index is 2.36. The van der Waals surface area contributed by atoms with E-state index >= 15 is 0 Å². The molecule has 15 heavy (non-hydrogen) atoms. The zero-order valence-electron chi connectivity index (χ0n) is 8.05. The lowest BCUT2D eigenvalue weighted by atomic mass is 10.1. The molecule has 3 heteroatoms. The van der Waals surface area contributed by atoms with E-state index in [9.17, 15) is 4.79 Å². The quantitative estimate of drug-likeness (QED) is 0.800. The molecule has 74 valence electrons. The second-order valence-corrected chi connectivity index (χ2v) is 3.16. The highest BCUT2D eigenvalue weighted by atomic mass is 16.1. The molecular weight excluding hydrogens is 188 g/mol. The zero-order valence-corrected chi connectivity index (χ0v) is 8.05. The summed E-state index contributed by atoms with van der Waals surface area (Å²) < 4.78 is 0. The van der Waals surface area contributed by atoms with Gasteiger partial charge in [-0.3, -0.25) is 9.78 Å². The van der Waals surface area contributed by atoms with Crippen molar-refractivity contribution in [3.8, 4) is 11.3 Å². The van der Waals surface area contributed by atoms with Crippen LogP contribution in [0, 0.1) is 0 Å². The summed E-state index contributed by atoms with van der Waals surface area (Å²) in [5, 5.41) is 0. The molecule has 0 saturated carbocycles. The molecule has 1 heterocycles. The first-order valence-corrected chi connectivity index (χ1v) is 4.58. The lowest BCUT2D eigenvalue weighted by Crippen LogP contribution is -2.10. The molecule has 0 saturated heterocycles. The van der Waals surface area contributed by atoms with Gasteiger partial charge in [0, 0.05) is 17.3 Å². The summed E-state index contributed by atoms with van der Waals surface area (Å²) in [6.45, 7) is 0. The van der Waals surface area contributed by atoms with Gasteiger partial charge in [0.1, 0.15) is 0 Å². The van der Waals surface area contributed by atoms with E-state index in [-0.39, 0.29) is 0 Å². The number of aromatic nitrogens is 1. The van der Waals surface area contributed by atoms with Gasteiger partial charge in [0.2, 0.25) is 5.91 Å². The van der Waals surface area contributed by atoms with Crippen molar-refractivity contribution in [2.24, 2.45) is 5.73 Å². The molecule has 2 aromatic rings. The predicted octanol–water partition coefficient (Wildman–Crippen LogP) is 1.85. The molecule has 2 rings (SSSR count). The number of nitrogens with zero attached hydrogens (tertiary/aromatic N) is 1. The van der Waals surface area contributed by atoms with Crippen LogP contribution in [-0.2, 0) is 0 Å². The molecule has 3 nitrogen and oxygen atoms in total. The maximum absolute atomic E-state index is 10.9. The average molecular weight is 198 g/mol. The van der Waals surface area contributed by atoms with Crippen molar-refractivity contribution in [1.29, 1.82) is 0 Å². The van der Waals surface area contributed by atoms with Crippen LogP contribution >= 0.6 is 0 Å². The number of pyridine rings is 1. The Hall–Kier alpha value is -2.16. The third-order valence-electron chi connectivity index (χ3n) is 2.13. The lowest BCUT2D eigenvalue weighted by Gasteiger charge is -2.00. The van der Waals surface area contributed by atoms with Gasteiger partial charge in [-0.05, 0) is 24.3 Å². The van der Waals surface area contributed by atoms with Crippen LogP contribution in [0.1, 0.15) is 10.4 Å². The van der Waals surface area contributed by atoms with E-state index in [0.29, 0.717) is 5.56 Å². The van der Waals surface area contributed by atoms with E-state index in [2.05, 4.69) is 4.98 Å². The molecule has 0 fully saturated rings. The summed E-state index contributed by atoms with van der Waals surface area (Å²) in [5.74, 6) is -0.414. The van der Waals surface area contributed by atoms with E-state index in [1.807, 2.05) is 30.3 Å². The Morgan fingerprint density at radius 1 is 1.07 bits per heavy atom. The molecule has 2 N–H and O–H groups in total. The van der Waals surface area contributed by atoms with Crippen LogP contribution in [0.2, 0.25) is 0 Å². The summed E-state index contributed by atoms with van der Waals surface area (Å²) in [5.41, 5.74) is 7.51. The van der Waals surface area contributed by atoms with Crippen molar-refractivity contribution >= 4 is 5.91 Å². The standard InChI is InChI=1S/C12H10N2O/c13-12(15)10-6-4-9(5-7-10)11-3-1-2-8-14-11/h1-8H,(H2,13,15). The van der Waals surface area contributed by atoms with Crippen LogP contribution in [0.4, 0.5) is 0 Å². The Bertz CT molecular complexity index is 463. The van der Waals surface area contributed by atoms with E-state index in [4.69, 9.17) is 5.73 Å². The van der Waals surface area contributed by atoms with Crippen molar-refractivity contribution in [1.82, 2.24) is 4.98 Å². The number of amides is 1. The molecule has 1 aromatic carbocycles. The van der Waals surface area contributed by atoms with E-state index in [0.717, 1.165) is 11.3 Å². The van der Waals surface area contributed by atoms with Gasteiger partial charge < -0.3 is 5.73 Å². The van der Waals surface area contributed by atoms with Gasteiger partial charge in [0.15, 0.2) is 0 Å². The molecule has 0 spiro atoms. The van der Waals surface area contributed by atoms with Gasteiger partial charge in [-0.1, -0.05) is 18.2 Å². The molecule has 1 amide bonds. The second-order valence-electron chi connectivity index (χ2n) is 3.16. The second kappa shape index (κ2) is 3.92. The van der Waals surface area contributed by atoms with Gasteiger partial charge in [-0.2, -0.15) is 0 Å². The number of carbonyl (C=O) groups is 1. The minimum atomic E-state index is -0.414. The topological polar surface area (TPSA) is 56.0 Å². The first-order valence-electron chi connectivity index (χ1n) is 4.58. The summed E-state index contributed by atoms with van der Waals surface area (Å²) >= 11 is 0. The fourth-order valence-electron chi connectivity index (χ4n) is 1.34. The fraction of sp³-hybridized carbons (Fsp3) is 0. The van der Waals surface area contributed by atoms with Crippen LogP contribution in [0.5, 0.6) is 0 Å². The molecule has 0 bridgehead atoms. The van der Waals surface area contributed by atoms with Crippen molar-refractivity contribution in [2.75, 3.05) is 0 Å². The Labute approximate surface area is 87.6 Å². The van der Waals surface area contributed by atoms with Gasteiger partial charge in [0.05, 0.1) is 5.69 Å². The van der Waals surface area contributed by atoms with E-state index < -0.39 is 5.91 Å². The normalized spacial score (nSPS) is 9.87. The molecule has 1 aromatic heterocycles. The highest BCUT2D eigenvalue weighted by molar-refractivity contribution is 5.93. The minimum Gasteiger partial charge on any atom is -0.366 e. The van der Waals surface area contributed by atoms with Crippen molar-refractivity contribution < 1.29 is 4.79 Å². The lowest BCUT2D eigenvalue weighted by molar-refractivity contribution is 0.100. The molecule has 0 aliphatic carbocycles.